The first-order valence-corrected chi connectivity index (χ1v) is 10.2. The van der Waals surface area contributed by atoms with E-state index >= 15 is 0 Å². The van der Waals surface area contributed by atoms with E-state index in [1.807, 2.05) is 54.9 Å². The molecule has 6 heteroatoms. The van der Waals surface area contributed by atoms with Gasteiger partial charge in [0, 0.05) is 44.3 Å². The van der Waals surface area contributed by atoms with Crippen LogP contribution >= 0.6 is 0 Å². The number of pyridine rings is 4. The number of aryl methyl sites for hydroxylation is 2. The first-order valence-electron chi connectivity index (χ1n) is 10.2. The van der Waals surface area contributed by atoms with Crippen LogP contribution < -0.4 is 5.73 Å². The third-order valence-corrected chi connectivity index (χ3v) is 4.51. The van der Waals surface area contributed by atoms with Gasteiger partial charge < -0.3 is 5.73 Å². The quantitative estimate of drug-likeness (QED) is 0.303. The Morgan fingerprint density at radius 1 is 0.645 bits per heavy atom. The minimum Gasteiger partial charge on any atom is -0.330 e. The Labute approximate surface area is 197 Å². The summed E-state index contributed by atoms with van der Waals surface area (Å²) in [5, 5.41) is 0. The fraction of sp³-hybridized carbons (Fsp3) is 0.200. The minimum absolute atomic E-state index is 0. The molecule has 0 saturated carbocycles. The molecule has 160 valence electrons. The van der Waals surface area contributed by atoms with Crippen LogP contribution in [0, 0.1) is 6.92 Å². The van der Waals surface area contributed by atoms with Gasteiger partial charge in [0.1, 0.15) is 0 Å². The van der Waals surface area contributed by atoms with E-state index in [-0.39, 0.29) is 19.5 Å². The van der Waals surface area contributed by atoms with Crippen molar-refractivity contribution in [3.05, 3.63) is 96.6 Å². The maximum Gasteiger partial charge on any atom is 0.0888 e. The van der Waals surface area contributed by atoms with Crippen molar-refractivity contribution < 1.29 is 19.5 Å². The fourth-order valence-corrected chi connectivity index (χ4v) is 2.95. The molecule has 0 saturated heterocycles. The Hall–Kier alpha value is -2.82. The van der Waals surface area contributed by atoms with Gasteiger partial charge in [0.25, 0.3) is 0 Å². The SMILES string of the molecule is Cc1ccnc(-c2cc(CCCCN)ccn2)c1.[Ru].c1ccc(-c2ccccn2)nc1. The normalized spacial score (nSPS) is 9.87. The Morgan fingerprint density at radius 3 is 1.77 bits per heavy atom. The van der Waals surface area contributed by atoms with Gasteiger partial charge >= 0.3 is 0 Å². The summed E-state index contributed by atoms with van der Waals surface area (Å²) in [4.78, 5) is 17.1. The number of hydrogen-bond acceptors (Lipinski definition) is 5. The molecule has 2 N–H and O–H groups in total. The number of hydrogen-bond donors (Lipinski definition) is 1. The third kappa shape index (κ3) is 8.08. The van der Waals surface area contributed by atoms with Gasteiger partial charge in [0.15, 0.2) is 0 Å². The van der Waals surface area contributed by atoms with Crippen molar-refractivity contribution in [2.24, 2.45) is 5.73 Å². The molecule has 5 nitrogen and oxygen atoms in total. The van der Waals surface area contributed by atoms with Crippen molar-refractivity contribution in [1.82, 2.24) is 19.9 Å². The summed E-state index contributed by atoms with van der Waals surface area (Å²) in [6.45, 7) is 2.83. The van der Waals surface area contributed by atoms with Crippen molar-refractivity contribution in [2.45, 2.75) is 26.2 Å². The number of nitrogens with zero attached hydrogens (tertiary/aromatic N) is 4. The molecule has 31 heavy (non-hydrogen) atoms. The van der Waals surface area contributed by atoms with Gasteiger partial charge in [-0.2, -0.15) is 0 Å². The van der Waals surface area contributed by atoms with Crippen LogP contribution in [0.2, 0.25) is 0 Å². The van der Waals surface area contributed by atoms with Gasteiger partial charge in [-0.05, 0) is 92.4 Å². The van der Waals surface area contributed by atoms with Gasteiger partial charge in [-0.15, -0.1) is 0 Å². The molecule has 0 aromatic carbocycles. The molecule has 4 heterocycles. The smallest absolute Gasteiger partial charge is 0.0888 e. The Bertz CT molecular complexity index is 989. The summed E-state index contributed by atoms with van der Waals surface area (Å²) in [5.74, 6) is 0. The first kappa shape index (κ1) is 24.5. The van der Waals surface area contributed by atoms with Crippen molar-refractivity contribution in [1.29, 1.82) is 0 Å². The molecule has 0 radical (unpaired) electrons. The maximum absolute atomic E-state index is 5.51. The van der Waals surface area contributed by atoms with Crippen LogP contribution in [-0.2, 0) is 25.9 Å². The van der Waals surface area contributed by atoms with Gasteiger partial charge in [0.2, 0.25) is 0 Å². The van der Waals surface area contributed by atoms with E-state index in [2.05, 4.69) is 45.1 Å². The number of rotatable bonds is 6. The largest absolute Gasteiger partial charge is 0.330 e. The zero-order chi connectivity index (χ0) is 21.0. The zero-order valence-corrected chi connectivity index (χ0v) is 19.4. The molecule has 0 spiro atoms. The average Bonchev–Trinajstić information content (AvgIpc) is 2.81. The molecule has 0 atom stereocenters. The first-order chi connectivity index (χ1) is 14.8. The summed E-state index contributed by atoms with van der Waals surface area (Å²) < 4.78 is 0. The summed E-state index contributed by atoms with van der Waals surface area (Å²) in [7, 11) is 0. The number of unbranched alkanes of at least 4 members (excludes halogenated alkanes) is 1. The van der Waals surface area contributed by atoms with E-state index in [1.54, 1.807) is 12.4 Å². The predicted octanol–water partition coefficient (Wildman–Crippen LogP) is 4.87. The van der Waals surface area contributed by atoms with Crippen LogP contribution in [0.5, 0.6) is 0 Å². The average molecular weight is 499 g/mol. The second-order valence-electron chi connectivity index (χ2n) is 6.94. The summed E-state index contributed by atoms with van der Waals surface area (Å²) in [6.07, 6.45) is 10.5. The van der Waals surface area contributed by atoms with E-state index in [4.69, 9.17) is 5.73 Å². The van der Waals surface area contributed by atoms with E-state index < -0.39 is 0 Å². The van der Waals surface area contributed by atoms with Crippen LogP contribution in [0.4, 0.5) is 0 Å². The van der Waals surface area contributed by atoms with Crippen LogP contribution in [0.15, 0.2) is 85.5 Å². The zero-order valence-electron chi connectivity index (χ0n) is 17.6. The molecule has 0 aliphatic carbocycles. The molecular formula is C25H27N5Ru. The van der Waals surface area contributed by atoms with E-state index in [9.17, 15) is 0 Å². The van der Waals surface area contributed by atoms with Gasteiger partial charge in [-0.3, -0.25) is 19.9 Å². The summed E-state index contributed by atoms with van der Waals surface area (Å²) >= 11 is 0. The molecule has 4 rings (SSSR count). The van der Waals surface area contributed by atoms with Crippen molar-refractivity contribution in [2.75, 3.05) is 6.54 Å². The van der Waals surface area contributed by atoms with Crippen molar-refractivity contribution in [3.8, 4) is 22.8 Å². The number of nitrogens with two attached hydrogens (primary N) is 1. The Balaban J connectivity index is 0.000000229. The predicted molar refractivity (Wildman–Crippen MR) is 122 cm³/mol. The molecule has 4 aromatic heterocycles. The van der Waals surface area contributed by atoms with Crippen LogP contribution in [0.1, 0.15) is 24.0 Å². The monoisotopic (exact) mass is 499 g/mol. The third-order valence-electron chi connectivity index (χ3n) is 4.51. The van der Waals surface area contributed by atoms with Crippen molar-refractivity contribution in [3.63, 3.8) is 0 Å². The second kappa shape index (κ2) is 13.5. The van der Waals surface area contributed by atoms with E-state index in [0.717, 1.165) is 48.6 Å². The van der Waals surface area contributed by atoms with E-state index in [1.165, 1.54) is 11.1 Å². The molecule has 0 bridgehead atoms. The van der Waals surface area contributed by atoms with Gasteiger partial charge in [-0.1, -0.05) is 12.1 Å². The topological polar surface area (TPSA) is 77.6 Å². The number of aromatic nitrogens is 4. The molecule has 0 unspecified atom stereocenters. The molecule has 0 fully saturated rings. The summed E-state index contributed by atoms with van der Waals surface area (Å²) in [5.41, 5.74) is 11.7. The molecule has 4 aromatic rings. The van der Waals surface area contributed by atoms with Gasteiger partial charge in [-0.25, -0.2) is 0 Å². The van der Waals surface area contributed by atoms with Crippen LogP contribution in [0.25, 0.3) is 22.8 Å². The Morgan fingerprint density at radius 2 is 1.23 bits per heavy atom. The standard InChI is InChI=1S/C15H19N3.C10H8N2.Ru/c1-12-5-8-17-14(10-12)15-11-13(6-9-18-15)4-2-3-7-16;1-3-7-11-9(5-1)10-6-2-4-8-12-10;/h5-6,8-11H,2-4,7,16H2,1H3;1-8H;. The minimum atomic E-state index is 0. The van der Waals surface area contributed by atoms with Gasteiger partial charge in [0.05, 0.1) is 22.8 Å². The molecule has 0 aliphatic heterocycles. The fourth-order valence-electron chi connectivity index (χ4n) is 2.95. The summed E-state index contributed by atoms with van der Waals surface area (Å²) in [6, 6.07) is 19.8. The molecule has 0 aliphatic rings. The second-order valence-corrected chi connectivity index (χ2v) is 6.94. The maximum atomic E-state index is 5.51. The Kier molecular flexibility index (Phi) is 10.6. The van der Waals surface area contributed by atoms with Crippen LogP contribution in [-0.4, -0.2) is 26.5 Å². The molecule has 0 amide bonds. The van der Waals surface area contributed by atoms with Crippen LogP contribution in [0.3, 0.4) is 0 Å². The molecular weight excluding hydrogens is 471 g/mol. The van der Waals surface area contributed by atoms with E-state index in [0.29, 0.717) is 0 Å². The van der Waals surface area contributed by atoms with Crippen molar-refractivity contribution >= 4 is 0 Å².